The number of carbonyl (C=O) groups is 1. The molecule has 6 nitrogen and oxygen atoms in total. The van der Waals surface area contributed by atoms with E-state index in [4.69, 9.17) is 14.2 Å². The first kappa shape index (κ1) is 16.9. The Morgan fingerprint density at radius 3 is 2.88 bits per heavy atom. The van der Waals surface area contributed by atoms with E-state index in [1.807, 2.05) is 30.0 Å². The number of hydrogen-bond donors (Lipinski definition) is 1. The fourth-order valence-corrected chi connectivity index (χ4v) is 3.37. The van der Waals surface area contributed by atoms with Gasteiger partial charge in [-0.25, -0.2) is 4.79 Å². The summed E-state index contributed by atoms with van der Waals surface area (Å²) in [6.07, 6.45) is 2.86. The van der Waals surface area contributed by atoms with Crippen LogP contribution < -0.4 is 14.8 Å². The molecule has 132 valence electrons. The van der Waals surface area contributed by atoms with Crippen molar-refractivity contribution in [2.45, 2.75) is 38.3 Å². The molecule has 6 heteroatoms. The van der Waals surface area contributed by atoms with Crippen LogP contribution in [0.25, 0.3) is 0 Å². The molecule has 0 bridgehead atoms. The summed E-state index contributed by atoms with van der Waals surface area (Å²) in [6.45, 7) is 4.70. The van der Waals surface area contributed by atoms with E-state index in [1.54, 1.807) is 7.11 Å². The smallest absolute Gasteiger partial charge is 0.317 e. The summed E-state index contributed by atoms with van der Waals surface area (Å²) in [6, 6.07) is 5.83. The second-order valence-electron chi connectivity index (χ2n) is 6.25. The quantitative estimate of drug-likeness (QED) is 0.917. The monoisotopic (exact) mass is 334 g/mol. The number of likely N-dealkylation sites (tertiary alicyclic amines) is 1. The number of benzene rings is 1. The highest BCUT2D eigenvalue weighted by Crippen LogP contribution is 2.34. The van der Waals surface area contributed by atoms with Crippen LogP contribution in [-0.4, -0.2) is 56.5 Å². The Hall–Kier alpha value is -1.95. The standard InChI is InChI=1S/C18H26N2O4/c1-3-23-15-7-9-20(10-8-15)18(21)19-14-11-13-5-4-6-16(22-2)17(13)24-12-14/h4-6,14-15H,3,7-12H2,1-2H3,(H,19,21)/t14-/m0/s1. The molecule has 3 rings (SSSR count). The molecule has 0 saturated carbocycles. The summed E-state index contributed by atoms with van der Waals surface area (Å²) >= 11 is 0. The highest BCUT2D eigenvalue weighted by molar-refractivity contribution is 5.74. The number of methoxy groups -OCH3 is 1. The van der Waals surface area contributed by atoms with Crippen LogP contribution in [0.2, 0.25) is 0 Å². The van der Waals surface area contributed by atoms with E-state index < -0.39 is 0 Å². The molecule has 1 saturated heterocycles. The minimum Gasteiger partial charge on any atom is -0.493 e. The van der Waals surface area contributed by atoms with Crippen LogP contribution >= 0.6 is 0 Å². The van der Waals surface area contributed by atoms with Gasteiger partial charge in [0.2, 0.25) is 0 Å². The van der Waals surface area contributed by atoms with Gasteiger partial charge in [-0.15, -0.1) is 0 Å². The van der Waals surface area contributed by atoms with E-state index in [9.17, 15) is 4.79 Å². The largest absolute Gasteiger partial charge is 0.493 e. The molecule has 2 heterocycles. The summed E-state index contributed by atoms with van der Waals surface area (Å²) < 4.78 is 16.8. The van der Waals surface area contributed by atoms with Gasteiger partial charge in [0, 0.05) is 25.3 Å². The van der Waals surface area contributed by atoms with Crippen LogP contribution in [0, 0.1) is 0 Å². The zero-order chi connectivity index (χ0) is 16.9. The Balaban J connectivity index is 1.53. The second-order valence-corrected chi connectivity index (χ2v) is 6.25. The van der Waals surface area contributed by atoms with Crippen molar-refractivity contribution in [1.29, 1.82) is 0 Å². The van der Waals surface area contributed by atoms with Gasteiger partial charge in [-0.2, -0.15) is 0 Å². The molecule has 0 spiro atoms. The van der Waals surface area contributed by atoms with Crippen molar-refractivity contribution in [3.8, 4) is 11.5 Å². The van der Waals surface area contributed by atoms with Crippen molar-refractivity contribution in [1.82, 2.24) is 10.2 Å². The maximum atomic E-state index is 12.5. The van der Waals surface area contributed by atoms with Crippen molar-refractivity contribution in [3.05, 3.63) is 23.8 Å². The summed E-state index contributed by atoms with van der Waals surface area (Å²) in [5.74, 6) is 1.54. The molecule has 0 radical (unpaired) electrons. The summed E-state index contributed by atoms with van der Waals surface area (Å²) in [4.78, 5) is 14.3. The first-order chi connectivity index (χ1) is 11.7. The van der Waals surface area contributed by atoms with Crippen molar-refractivity contribution in [2.75, 3.05) is 33.4 Å². The average molecular weight is 334 g/mol. The first-order valence-electron chi connectivity index (χ1n) is 8.67. The molecule has 0 aliphatic carbocycles. The van der Waals surface area contributed by atoms with Gasteiger partial charge in [0.15, 0.2) is 11.5 Å². The fraction of sp³-hybridized carbons (Fsp3) is 0.611. The van der Waals surface area contributed by atoms with Crippen LogP contribution in [0.15, 0.2) is 18.2 Å². The number of piperidine rings is 1. The third-order valence-corrected chi connectivity index (χ3v) is 4.63. The third-order valence-electron chi connectivity index (χ3n) is 4.63. The molecule has 2 aliphatic heterocycles. The molecule has 1 aromatic carbocycles. The number of amides is 2. The number of rotatable bonds is 4. The van der Waals surface area contributed by atoms with E-state index in [0.29, 0.717) is 6.61 Å². The number of hydrogen-bond acceptors (Lipinski definition) is 4. The molecule has 1 atom stereocenters. The van der Waals surface area contributed by atoms with Gasteiger partial charge in [-0.3, -0.25) is 0 Å². The van der Waals surface area contributed by atoms with Crippen LogP contribution in [0.5, 0.6) is 11.5 Å². The lowest BCUT2D eigenvalue weighted by molar-refractivity contribution is 0.0216. The van der Waals surface area contributed by atoms with E-state index in [2.05, 4.69) is 5.32 Å². The van der Waals surface area contributed by atoms with Gasteiger partial charge in [0.1, 0.15) is 6.61 Å². The summed E-state index contributed by atoms with van der Waals surface area (Å²) in [7, 11) is 1.64. The van der Waals surface area contributed by atoms with Crippen molar-refractivity contribution >= 4 is 6.03 Å². The number of nitrogens with one attached hydrogen (secondary N) is 1. The highest BCUT2D eigenvalue weighted by atomic mass is 16.5. The molecule has 0 unspecified atom stereocenters. The molecule has 1 fully saturated rings. The molecular weight excluding hydrogens is 308 g/mol. The van der Waals surface area contributed by atoms with Gasteiger partial charge in [0.05, 0.1) is 19.3 Å². The van der Waals surface area contributed by atoms with Gasteiger partial charge in [-0.1, -0.05) is 12.1 Å². The van der Waals surface area contributed by atoms with Crippen LogP contribution in [0.4, 0.5) is 4.79 Å². The van der Waals surface area contributed by atoms with Crippen LogP contribution in [-0.2, 0) is 11.2 Å². The zero-order valence-electron chi connectivity index (χ0n) is 14.4. The van der Waals surface area contributed by atoms with E-state index in [0.717, 1.165) is 56.0 Å². The Morgan fingerprint density at radius 2 is 2.17 bits per heavy atom. The predicted octanol–water partition coefficient (Wildman–Crippen LogP) is 2.21. The van der Waals surface area contributed by atoms with Gasteiger partial charge < -0.3 is 24.4 Å². The van der Waals surface area contributed by atoms with Crippen molar-refractivity contribution in [3.63, 3.8) is 0 Å². The lowest BCUT2D eigenvalue weighted by Crippen LogP contribution is -2.51. The lowest BCUT2D eigenvalue weighted by atomic mass is 10.0. The Bertz CT molecular complexity index is 570. The van der Waals surface area contributed by atoms with E-state index >= 15 is 0 Å². The summed E-state index contributed by atoms with van der Waals surface area (Å²) in [5.41, 5.74) is 1.07. The Labute approximate surface area is 143 Å². The highest BCUT2D eigenvalue weighted by Gasteiger charge is 2.27. The number of nitrogens with zero attached hydrogens (tertiary/aromatic N) is 1. The Morgan fingerprint density at radius 1 is 1.38 bits per heavy atom. The average Bonchev–Trinajstić information content (AvgIpc) is 2.62. The normalized spacial score (nSPS) is 20.9. The number of para-hydroxylation sites is 1. The van der Waals surface area contributed by atoms with E-state index in [1.165, 1.54) is 0 Å². The van der Waals surface area contributed by atoms with E-state index in [-0.39, 0.29) is 18.2 Å². The first-order valence-corrected chi connectivity index (χ1v) is 8.67. The van der Waals surface area contributed by atoms with Gasteiger partial charge in [0.25, 0.3) is 0 Å². The fourth-order valence-electron chi connectivity index (χ4n) is 3.37. The molecule has 24 heavy (non-hydrogen) atoms. The van der Waals surface area contributed by atoms with Crippen LogP contribution in [0.1, 0.15) is 25.3 Å². The number of urea groups is 1. The van der Waals surface area contributed by atoms with Gasteiger partial charge in [-0.05, 0) is 32.3 Å². The topological polar surface area (TPSA) is 60.0 Å². The molecule has 1 aromatic rings. The van der Waals surface area contributed by atoms with Crippen molar-refractivity contribution < 1.29 is 19.0 Å². The lowest BCUT2D eigenvalue weighted by Gasteiger charge is -2.34. The number of carbonyl (C=O) groups excluding carboxylic acids is 1. The second kappa shape index (κ2) is 7.75. The zero-order valence-corrected chi connectivity index (χ0v) is 14.4. The third kappa shape index (κ3) is 3.75. The number of ether oxygens (including phenoxy) is 3. The molecular formula is C18H26N2O4. The van der Waals surface area contributed by atoms with Crippen LogP contribution in [0.3, 0.4) is 0 Å². The van der Waals surface area contributed by atoms with Crippen molar-refractivity contribution in [2.24, 2.45) is 0 Å². The SMILES string of the molecule is CCOC1CCN(C(=O)N[C@@H]2COc3c(cccc3OC)C2)CC1. The Kier molecular flexibility index (Phi) is 5.45. The summed E-state index contributed by atoms with van der Waals surface area (Å²) in [5, 5.41) is 3.09. The molecule has 0 aromatic heterocycles. The molecule has 2 amide bonds. The maximum absolute atomic E-state index is 12.5. The minimum atomic E-state index is -0.0123. The number of fused-ring (bicyclic) bond motifs is 1. The molecule has 2 aliphatic rings. The van der Waals surface area contributed by atoms with Gasteiger partial charge >= 0.3 is 6.03 Å². The minimum absolute atomic E-state index is 0.00936. The maximum Gasteiger partial charge on any atom is 0.317 e. The predicted molar refractivity (Wildman–Crippen MR) is 90.7 cm³/mol. The molecule has 1 N–H and O–H groups in total.